The van der Waals surface area contributed by atoms with Crippen LogP contribution in [0.4, 0.5) is 0 Å². The van der Waals surface area contributed by atoms with Crippen LogP contribution in [0.2, 0.25) is 0 Å². The van der Waals surface area contributed by atoms with E-state index in [2.05, 4.69) is 17.0 Å². The summed E-state index contributed by atoms with van der Waals surface area (Å²) in [4.78, 5) is 16.0. The fraction of sp³-hybridized carbons (Fsp3) is 0.611. The van der Waals surface area contributed by atoms with Crippen molar-refractivity contribution in [1.82, 2.24) is 9.80 Å². The average molecular weight is 318 g/mol. The molecule has 2 heterocycles. The third kappa shape index (κ3) is 3.91. The van der Waals surface area contributed by atoms with E-state index in [4.69, 9.17) is 4.74 Å². The molecule has 1 atom stereocenters. The monoisotopic (exact) mass is 318 g/mol. The Morgan fingerprint density at radius 2 is 1.96 bits per heavy atom. The Morgan fingerprint density at radius 3 is 2.61 bits per heavy atom. The van der Waals surface area contributed by atoms with Gasteiger partial charge < -0.3 is 14.7 Å². The fourth-order valence-corrected chi connectivity index (χ4v) is 3.57. The van der Waals surface area contributed by atoms with Crippen LogP contribution in [0.25, 0.3) is 0 Å². The minimum atomic E-state index is -0.677. The number of benzene rings is 1. The normalized spacial score (nSPS) is 25.3. The average Bonchev–Trinajstić information content (AvgIpc) is 2.56. The van der Waals surface area contributed by atoms with E-state index in [0.29, 0.717) is 39.1 Å². The molecule has 23 heavy (non-hydrogen) atoms. The number of hydrogen-bond donors (Lipinski definition) is 1. The van der Waals surface area contributed by atoms with Gasteiger partial charge in [0, 0.05) is 59.2 Å². The lowest BCUT2D eigenvalue weighted by Crippen LogP contribution is -2.55. The first-order chi connectivity index (χ1) is 11.1. The number of rotatable bonds is 3. The summed E-state index contributed by atoms with van der Waals surface area (Å²) in [6.45, 7) is 5.73. The molecule has 2 aliphatic heterocycles. The molecule has 126 valence electrons. The maximum absolute atomic E-state index is 11.8. The lowest BCUT2D eigenvalue weighted by Gasteiger charge is -2.45. The molecule has 3 rings (SSSR count). The summed E-state index contributed by atoms with van der Waals surface area (Å²) in [5, 5.41) is 10.9. The summed E-state index contributed by atoms with van der Waals surface area (Å²) in [6, 6.07) is 10.4. The molecule has 0 aromatic heterocycles. The molecule has 1 amide bonds. The van der Waals surface area contributed by atoms with Crippen LogP contribution in [0, 0.1) is 0 Å². The molecule has 0 spiro atoms. The predicted molar refractivity (Wildman–Crippen MR) is 88.0 cm³/mol. The molecule has 2 fully saturated rings. The molecule has 1 unspecified atom stereocenters. The van der Waals surface area contributed by atoms with Gasteiger partial charge in [0.1, 0.15) is 0 Å². The molecule has 0 saturated carbocycles. The van der Waals surface area contributed by atoms with Crippen LogP contribution in [-0.2, 0) is 9.53 Å². The fourth-order valence-electron chi connectivity index (χ4n) is 3.57. The lowest BCUT2D eigenvalue weighted by molar-refractivity contribution is -0.134. The lowest BCUT2D eigenvalue weighted by atomic mass is 9.91. The van der Waals surface area contributed by atoms with Crippen molar-refractivity contribution in [1.29, 1.82) is 0 Å². The number of β-amino-alcohol motifs (C(OH)–C–C–N with tert-alkyl or cyclic N) is 1. The summed E-state index contributed by atoms with van der Waals surface area (Å²) in [5.41, 5.74) is 0.526. The Balaban J connectivity index is 1.78. The summed E-state index contributed by atoms with van der Waals surface area (Å²) in [6.07, 6.45) is 1.36. The third-order valence-electron chi connectivity index (χ3n) is 5.04. The van der Waals surface area contributed by atoms with E-state index in [9.17, 15) is 9.90 Å². The Morgan fingerprint density at radius 1 is 1.26 bits per heavy atom. The molecule has 5 heteroatoms. The first kappa shape index (κ1) is 16.4. The van der Waals surface area contributed by atoms with Crippen molar-refractivity contribution < 1.29 is 14.6 Å². The van der Waals surface area contributed by atoms with E-state index < -0.39 is 5.60 Å². The minimum absolute atomic E-state index is 0.121. The zero-order valence-corrected chi connectivity index (χ0v) is 13.8. The first-order valence-electron chi connectivity index (χ1n) is 8.42. The molecule has 0 bridgehead atoms. The van der Waals surface area contributed by atoms with Crippen molar-refractivity contribution in [3.63, 3.8) is 0 Å². The van der Waals surface area contributed by atoms with Gasteiger partial charge in [-0.2, -0.15) is 0 Å². The number of hydrogen-bond acceptors (Lipinski definition) is 4. The predicted octanol–water partition coefficient (Wildman–Crippen LogP) is 1.43. The topological polar surface area (TPSA) is 53.0 Å². The Kier molecular flexibility index (Phi) is 4.99. The van der Waals surface area contributed by atoms with Gasteiger partial charge in [0.15, 0.2) is 0 Å². The van der Waals surface area contributed by atoms with Gasteiger partial charge in [-0.3, -0.25) is 9.69 Å². The summed E-state index contributed by atoms with van der Waals surface area (Å²) in [7, 11) is 0. The highest BCUT2D eigenvalue weighted by Gasteiger charge is 2.37. The summed E-state index contributed by atoms with van der Waals surface area (Å²) in [5.74, 6) is 0.121. The molecular weight excluding hydrogens is 292 g/mol. The van der Waals surface area contributed by atoms with Gasteiger partial charge in [0.05, 0.1) is 11.6 Å². The van der Waals surface area contributed by atoms with Gasteiger partial charge in [-0.25, -0.2) is 0 Å². The largest absolute Gasteiger partial charge is 0.388 e. The Labute approximate surface area is 137 Å². The smallest absolute Gasteiger partial charge is 0.219 e. The standard InChI is InChI=1S/C18H26N2O3/c1-15(21)19-9-10-20(14-18(22)7-11-23-12-8-18)17(13-19)16-5-3-2-4-6-16/h2-6,17,22H,7-14H2,1H3. The van der Waals surface area contributed by atoms with Crippen LogP contribution in [0.15, 0.2) is 30.3 Å². The van der Waals surface area contributed by atoms with Crippen LogP contribution in [-0.4, -0.2) is 65.8 Å². The highest BCUT2D eigenvalue weighted by molar-refractivity contribution is 5.73. The summed E-state index contributed by atoms with van der Waals surface area (Å²) >= 11 is 0. The second-order valence-corrected chi connectivity index (χ2v) is 6.70. The van der Waals surface area contributed by atoms with Gasteiger partial charge >= 0.3 is 0 Å². The van der Waals surface area contributed by atoms with Crippen molar-refractivity contribution in [2.75, 3.05) is 39.4 Å². The zero-order valence-electron chi connectivity index (χ0n) is 13.8. The molecule has 2 aliphatic rings. The van der Waals surface area contributed by atoms with E-state index in [1.54, 1.807) is 6.92 Å². The Hall–Kier alpha value is -1.43. The number of carbonyl (C=O) groups is 1. The molecule has 2 saturated heterocycles. The van der Waals surface area contributed by atoms with Gasteiger partial charge in [-0.05, 0) is 5.56 Å². The number of carbonyl (C=O) groups excluding carboxylic acids is 1. The van der Waals surface area contributed by atoms with Crippen LogP contribution in [0.3, 0.4) is 0 Å². The van der Waals surface area contributed by atoms with Gasteiger partial charge in [0.25, 0.3) is 0 Å². The van der Waals surface area contributed by atoms with Crippen LogP contribution in [0.1, 0.15) is 31.4 Å². The quantitative estimate of drug-likeness (QED) is 0.916. The number of ether oxygens (including phenoxy) is 1. The second kappa shape index (κ2) is 6.99. The molecule has 5 nitrogen and oxygen atoms in total. The third-order valence-corrected chi connectivity index (χ3v) is 5.04. The van der Waals surface area contributed by atoms with Crippen LogP contribution in [0.5, 0.6) is 0 Å². The van der Waals surface area contributed by atoms with Gasteiger partial charge in [-0.1, -0.05) is 30.3 Å². The highest BCUT2D eigenvalue weighted by Crippen LogP contribution is 2.30. The maximum Gasteiger partial charge on any atom is 0.219 e. The van der Waals surface area contributed by atoms with Gasteiger partial charge in [-0.15, -0.1) is 0 Å². The van der Waals surface area contributed by atoms with E-state index in [1.807, 2.05) is 23.1 Å². The van der Waals surface area contributed by atoms with Crippen LogP contribution < -0.4 is 0 Å². The molecule has 0 radical (unpaired) electrons. The molecule has 0 aliphatic carbocycles. The number of aliphatic hydroxyl groups is 1. The first-order valence-corrected chi connectivity index (χ1v) is 8.42. The molecule has 1 aromatic carbocycles. The van der Waals surface area contributed by atoms with E-state index >= 15 is 0 Å². The molecule has 1 aromatic rings. The van der Waals surface area contributed by atoms with Crippen LogP contribution >= 0.6 is 0 Å². The van der Waals surface area contributed by atoms with Crippen molar-refractivity contribution in [2.24, 2.45) is 0 Å². The maximum atomic E-state index is 11.8. The van der Waals surface area contributed by atoms with E-state index in [-0.39, 0.29) is 11.9 Å². The molecule has 1 N–H and O–H groups in total. The highest BCUT2D eigenvalue weighted by atomic mass is 16.5. The second-order valence-electron chi connectivity index (χ2n) is 6.70. The number of piperazine rings is 1. The zero-order chi connectivity index (χ0) is 16.3. The van der Waals surface area contributed by atoms with E-state index in [0.717, 1.165) is 13.1 Å². The Bertz CT molecular complexity index is 528. The SMILES string of the molecule is CC(=O)N1CCN(CC2(O)CCOCC2)C(c2ccccc2)C1. The number of nitrogens with zero attached hydrogens (tertiary/aromatic N) is 2. The van der Waals surface area contributed by atoms with Crippen molar-refractivity contribution in [2.45, 2.75) is 31.4 Å². The summed E-state index contributed by atoms with van der Waals surface area (Å²) < 4.78 is 5.38. The van der Waals surface area contributed by atoms with E-state index in [1.165, 1.54) is 5.56 Å². The molecular formula is C18H26N2O3. The van der Waals surface area contributed by atoms with Gasteiger partial charge in [0.2, 0.25) is 5.91 Å². The van der Waals surface area contributed by atoms with Crippen molar-refractivity contribution in [3.8, 4) is 0 Å². The van der Waals surface area contributed by atoms with Crippen molar-refractivity contribution in [3.05, 3.63) is 35.9 Å². The number of amides is 1. The van der Waals surface area contributed by atoms with Crippen molar-refractivity contribution >= 4 is 5.91 Å². The minimum Gasteiger partial charge on any atom is -0.388 e.